The number of H-pyrrole nitrogens is 1. The van der Waals surface area contributed by atoms with E-state index in [1.165, 1.54) is 41.7 Å². The first-order valence-electron chi connectivity index (χ1n) is 10.2. The number of fused-ring (bicyclic) bond motifs is 3. The summed E-state index contributed by atoms with van der Waals surface area (Å²) in [6.07, 6.45) is 4.28. The number of anilines is 2. The lowest BCUT2D eigenvalue weighted by Gasteiger charge is -2.33. The second-order valence-electron chi connectivity index (χ2n) is 8.71. The first-order chi connectivity index (χ1) is 13.3. The van der Waals surface area contributed by atoms with Crippen molar-refractivity contribution >= 4 is 39.0 Å². The summed E-state index contributed by atoms with van der Waals surface area (Å²) >= 11 is 1.40. The molecule has 0 bridgehead atoms. The molecule has 6 nitrogen and oxygen atoms in total. The van der Waals surface area contributed by atoms with E-state index in [0.717, 1.165) is 35.5 Å². The molecule has 0 spiro atoms. The molecule has 152 valence electrons. The number of aromatic nitrogens is 1. The summed E-state index contributed by atoms with van der Waals surface area (Å²) in [6, 6.07) is 0. The minimum absolute atomic E-state index is 0.175. The van der Waals surface area contributed by atoms with Crippen molar-refractivity contribution in [2.45, 2.75) is 71.7 Å². The summed E-state index contributed by atoms with van der Waals surface area (Å²) in [4.78, 5) is 20.0. The van der Waals surface area contributed by atoms with Crippen LogP contribution in [-0.2, 0) is 22.5 Å². The summed E-state index contributed by atoms with van der Waals surface area (Å²) in [5.41, 5.74) is 9.16. The van der Waals surface area contributed by atoms with Crippen LogP contribution in [0.3, 0.4) is 0 Å². The fourth-order valence-electron chi connectivity index (χ4n) is 4.21. The lowest BCUT2D eigenvalue weighted by atomic mass is 9.89. The minimum atomic E-state index is -0.346. The highest BCUT2D eigenvalue weighted by molar-refractivity contribution is 7.20. The molecule has 7 heteroatoms. The van der Waals surface area contributed by atoms with Crippen molar-refractivity contribution in [2.24, 2.45) is 0 Å². The van der Waals surface area contributed by atoms with E-state index in [-0.39, 0.29) is 17.7 Å². The SMILES string of the molecule is CC(C)OC(=O)c1sc2[nH+]c(N3CCCCC3)c3c(c2c1N)CC(C)(C)OC3. The van der Waals surface area contributed by atoms with Crippen LogP contribution in [0.15, 0.2) is 0 Å². The number of pyridine rings is 1. The summed E-state index contributed by atoms with van der Waals surface area (Å²) in [5.74, 6) is 0.782. The number of hydrogen-bond donors (Lipinski definition) is 1. The van der Waals surface area contributed by atoms with Gasteiger partial charge in [0.1, 0.15) is 4.88 Å². The van der Waals surface area contributed by atoms with Gasteiger partial charge in [-0.3, -0.25) is 4.90 Å². The van der Waals surface area contributed by atoms with Crippen LogP contribution in [0.2, 0.25) is 0 Å². The molecule has 0 aromatic carbocycles. The Morgan fingerprint density at radius 1 is 1.25 bits per heavy atom. The van der Waals surface area contributed by atoms with Crippen molar-refractivity contribution in [2.75, 3.05) is 23.7 Å². The van der Waals surface area contributed by atoms with E-state index < -0.39 is 0 Å². The molecule has 4 heterocycles. The molecule has 2 aromatic heterocycles. The van der Waals surface area contributed by atoms with Crippen LogP contribution >= 0.6 is 11.3 Å². The number of nitrogens with one attached hydrogen (secondary N) is 1. The Labute approximate surface area is 170 Å². The Balaban J connectivity index is 1.89. The number of rotatable bonds is 3. The van der Waals surface area contributed by atoms with Crippen LogP contribution in [0.4, 0.5) is 11.5 Å². The van der Waals surface area contributed by atoms with Gasteiger partial charge in [-0.15, -0.1) is 0 Å². The van der Waals surface area contributed by atoms with Crippen LogP contribution in [-0.4, -0.2) is 30.8 Å². The fraction of sp³-hybridized carbons (Fsp3) is 0.619. The monoisotopic (exact) mass is 404 g/mol. The van der Waals surface area contributed by atoms with Crippen molar-refractivity contribution in [3.8, 4) is 0 Å². The maximum Gasteiger partial charge on any atom is 0.350 e. The van der Waals surface area contributed by atoms with Crippen molar-refractivity contribution in [1.29, 1.82) is 0 Å². The quantitative estimate of drug-likeness (QED) is 0.789. The Bertz CT molecular complexity index is 913. The molecule has 1 saturated heterocycles. The van der Waals surface area contributed by atoms with Crippen LogP contribution in [0, 0.1) is 0 Å². The average molecular weight is 405 g/mol. The first kappa shape index (κ1) is 19.5. The van der Waals surface area contributed by atoms with Gasteiger partial charge in [-0.25, -0.2) is 9.78 Å². The number of nitrogen functional groups attached to an aromatic ring is 1. The largest absolute Gasteiger partial charge is 0.459 e. The molecule has 0 atom stereocenters. The zero-order valence-corrected chi connectivity index (χ0v) is 18.0. The van der Waals surface area contributed by atoms with Crippen LogP contribution in [0.5, 0.6) is 0 Å². The highest BCUT2D eigenvalue weighted by atomic mass is 32.1. The Kier molecular flexibility index (Phi) is 5.00. The van der Waals surface area contributed by atoms with Gasteiger partial charge in [0, 0.05) is 6.42 Å². The van der Waals surface area contributed by atoms with Crippen LogP contribution in [0.1, 0.15) is 67.8 Å². The maximum atomic E-state index is 12.6. The molecule has 28 heavy (non-hydrogen) atoms. The van der Waals surface area contributed by atoms with Gasteiger partial charge in [0.2, 0.25) is 0 Å². The summed E-state index contributed by atoms with van der Waals surface area (Å²) < 4.78 is 11.6. The Hall–Kier alpha value is -1.86. The predicted octanol–water partition coefficient (Wildman–Crippen LogP) is 3.70. The highest BCUT2D eigenvalue weighted by Gasteiger charge is 2.36. The van der Waals surface area contributed by atoms with Crippen molar-refractivity contribution in [1.82, 2.24) is 0 Å². The number of aromatic amines is 1. The average Bonchev–Trinajstić information content (AvgIpc) is 2.97. The number of esters is 1. The summed E-state index contributed by atoms with van der Waals surface area (Å²) in [6.45, 7) is 10.6. The molecular weight excluding hydrogens is 374 g/mol. The van der Waals surface area contributed by atoms with Crippen molar-refractivity contribution in [3.63, 3.8) is 0 Å². The van der Waals surface area contributed by atoms with Crippen molar-refractivity contribution < 1.29 is 19.3 Å². The van der Waals surface area contributed by atoms with E-state index in [1.807, 2.05) is 13.8 Å². The van der Waals surface area contributed by atoms with Gasteiger partial charge in [-0.05, 0) is 52.5 Å². The highest BCUT2D eigenvalue weighted by Crippen LogP contribution is 2.42. The maximum absolute atomic E-state index is 12.6. The van der Waals surface area contributed by atoms with Gasteiger partial charge in [-0.2, -0.15) is 0 Å². The van der Waals surface area contributed by atoms with E-state index in [0.29, 0.717) is 17.2 Å². The summed E-state index contributed by atoms with van der Waals surface area (Å²) in [5, 5.41) is 0.966. The lowest BCUT2D eigenvalue weighted by Crippen LogP contribution is -2.39. The van der Waals surface area contributed by atoms with E-state index in [9.17, 15) is 4.79 Å². The molecular formula is C21H30N3O3S+. The predicted molar refractivity (Wildman–Crippen MR) is 112 cm³/mol. The number of ether oxygens (including phenoxy) is 2. The third-order valence-corrected chi connectivity index (χ3v) is 6.64. The van der Waals surface area contributed by atoms with E-state index in [1.54, 1.807) is 0 Å². The molecule has 3 N–H and O–H groups in total. The number of hydrogen-bond acceptors (Lipinski definition) is 6. The van der Waals surface area contributed by atoms with Crippen LogP contribution in [0.25, 0.3) is 10.2 Å². The molecule has 2 aliphatic rings. The summed E-state index contributed by atoms with van der Waals surface area (Å²) in [7, 11) is 0. The number of nitrogens with two attached hydrogens (primary N) is 1. The second-order valence-corrected chi connectivity index (χ2v) is 9.73. The Morgan fingerprint density at radius 3 is 2.64 bits per heavy atom. The van der Waals surface area contributed by atoms with Gasteiger partial charge >= 0.3 is 5.97 Å². The molecule has 0 amide bonds. The van der Waals surface area contributed by atoms with Gasteiger partial charge in [-0.1, -0.05) is 11.3 Å². The zero-order chi connectivity index (χ0) is 20.1. The van der Waals surface area contributed by atoms with Gasteiger partial charge in [0.25, 0.3) is 5.82 Å². The number of carbonyl (C=O) groups is 1. The topological polar surface area (TPSA) is 78.9 Å². The van der Waals surface area contributed by atoms with Gasteiger partial charge < -0.3 is 15.2 Å². The zero-order valence-electron chi connectivity index (χ0n) is 17.2. The van der Waals surface area contributed by atoms with Crippen LogP contribution < -0.4 is 15.6 Å². The Morgan fingerprint density at radius 2 is 1.96 bits per heavy atom. The lowest BCUT2D eigenvalue weighted by molar-refractivity contribution is -0.329. The standard InChI is InChI=1S/C21H29N3O3S/c1-12(2)27-20(25)17-16(22)15-13-10-21(3,4)26-11-14(13)18(23-19(15)28-17)24-8-6-5-7-9-24/h12H,5-11,22H2,1-4H3/p+1. The number of carbonyl (C=O) groups excluding carboxylic acids is 1. The molecule has 2 aliphatic heterocycles. The third kappa shape index (κ3) is 3.46. The number of nitrogens with zero attached hydrogens (tertiary/aromatic N) is 1. The van der Waals surface area contributed by atoms with Gasteiger partial charge in [0.15, 0.2) is 4.83 Å². The number of thiophene rings is 1. The molecule has 4 rings (SSSR count). The molecule has 2 aromatic rings. The van der Waals surface area contributed by atoms with E-state index >= 15 is 0 Å². The molecule has 1 fully saturated rings. The molecule has 0 radical (unpaired) electrons. The normalized spacial score (nSPS) is 19.1. The van der Waals surface area contributed by atoms with E-state index in [2.05, 4.69) is 23.7 Å². The smallest absolute Gasteiger partial charge is 0.350 e. The molecule has 0 unspecified atom stereocenters. The molecule has 0 saturated carbocycles. The first-order valence-corrected chi connectivity index (χ1v) is 11.0. The minimum Gasteiger partial charge on any atom is -0.459 e. The number of piperidine rings is 1. The van der Waals surface area contributed by atoms with Crippen molar-refractivity contribution in [3.05, 3.63) is 16.0 Å². The van der Waals surface area contributed by atoms with Gasteiger partial charge in [0.05, 0.1) is 48.0 Å². The molecule has 0 aliphatic carbocycles. The van der Waals surface area contributed by atoms with E-state index in [4.69, 9.17) is 15.2 Å². The fourth-order valence-corrected chi connectivity index (χ4v) is 5.24. The second kappa shape index (κ2) is 7.19. The third-order valence-electron chi connectivity index (χ3n) is 5.54.